The van der Waals surface area contributed by atoms with Crippen molar-refractivity contribution in [2.75, 3.05) is 30.4 Å². The number of nitrogens with one attached hydrogen (secondary N) is 2. The smallest absolute Gasteiger partial charge is 0.405 e. The fourth-order valence-corrected chi connectivity index (χ4v) is 3.33. The lowest BCUT2D eigenvalue weighted by Gasteiger charge is -2.08. The number of aromatic nitrogens is 4. The quantitative estimate of drug-likeness (QED) is 0.445. The highest BCUT2D eigenvalue weighted by Crippen LogP contribution is 2.23. The molecular formula is C20H20F3N7O4. The van der Waals surface area contributed by atoms with Crippen LogP contribution in [0.15, 0.2) is 35.2 Å². The van der Waals surface area contributed by atoms with Crippen LogP contribution in [0.5, 0.6) is 0 Å². The lowest BCUT2D eigenvalue weighted by molar-refractivity contribution is -0.115. The van der Waals surface area contributed by atoms with Crippen LogP contribution in [0.4, 0.5) is 24.7 Å². The van der Waals surface area contributed by atoms with Crippen molar-refractivity contribution in [1.82, 2.24) is 19.7 Å². The number of carbonyl (C=O) groups excluding carboxylic acids is 2. The van der Waals surface area contributed by atoms with Crippen molar-refractivity contribution in [2.24, 2.45) is 11.7 Å². The van der Waals surface area contributed by atoms with Gasteiger partial charge in [0.1, 0.15) is 18.6 Å². The summed E-state index contributed by atoms with van der Waals surface area (Å²) in [5, 5.41) is 8.85. The van der Waals surface area contributed by atoms with Crippen LogP contribution in [-0.2, 0) is 11.3 Å². The maximum Gasteiger partial charge on any atom is 0.405 e. The molecule has 0 aromatic carbocycles. The van der Waals surface area contributed by atoms with E-state index in [1.807, 2.05) is 0 Å². The van der Waals surface area contributed by atoms with Crippen LogP contribution in [0, 0.1) is 5.92 Å². The van der Waals surface area contributed by atoms with Gasteiger partial charge in [0.15, 0.2) is 11.4 Å². The van der Waals surface area contributed by atoms with Crippen LogP contribution < -0.4 is 16.4 Å². The fraction of sp³-hybridized carbons (Fsp3) is 0.350. The number of carbonyl (C=O) groups is 2. The molecule has 0 spiro atoms. The number of hydrogen-bond acceptors (Lipinski definition) is 8. The molecule has 4 heterocycles. The number of pyridine rings is 1. The molecule has 14 heteroatoms. The molecule has 1 fully saturated rings. The second-order valence-electron chi connectivity index (χ2n) is 7.60. The average molecular weight is 479 g/mol. The van der Waals surface area contributed by atoms with E-state index in [0.717, 1.165) is 12.7 Å². The van der Waals surface area contributed by atoms with Gasteiger partial charge < -0.3 is 25.5 Å². The molecule has 1 aliphatic rings. The normalized spacial score (nSPS) is 15.9. The molecule has 0 radical (unpaired) electrons. The Morgan fingerprint density at radius 3 is 2.85 bits per heavy atom. The first-order chi connectivity index (χ1) is 16.2. The minimum Gasteiger partial charge on any atom is -0.444 e. The fourth-order valence-electron chi connectivity index (χ4n) is 3.33. The second kappa shape index (κ2) is 9.51. The third kappa shape index (κ3) is 5.70. The highest BCUT2D eigenvalue weighted by molar-refractivity contribution is 6.07. The van der Waals surface area contributed by atoms with E-state index in [9.17, 15) is 22.8 Å². The van der Waals surface area contributed by atoms with E-state index in [1.165, 1.54) is 29.2 Å². The maximum absolute atomic E-state index is 12.7. The summed E-state index contributed by atoms with van der Waals surface area (Å²) in [5.74, 6) is -1.31. The Kier molecular flexibility index (Phi) is 6.49. The number of nitrogens with zero attached hydrogens (tertiary/aromatic N) is 4. The second-order valence-corrected chi connectivity index (χ2v) is 7.60. The first-order valence-electron chi connectivity index (χ1n) is 10.2. The number of primary amides is 1. The van der Waals surface area contributed by atoms with Gasteiger partial charge in [0.2, 0.25) is 5.89 Å². The summed E-state index contributed by atoms with van der Waals surface area (Å²) >= 11 is 0. The lowest BCUT2D eigenvalue weighted by Crippen LogP contribution is -2.21. The third-order valence-corrected chi connectivity index (χ3v) is 4.93. The van der Waals surface area contributed by atoms with Crippen LogP contribution >= 0.6 is 0 Å². The highest BCUT2D eigenvalue weighted by atomic mass is 19.4. The van der Waals surface area contributed by atoms with Crippen molar-refractivity contribution in [3.8, 4) is 11.5 Å². The van der Waals surface area contributed by atoms with Crippen LogP contribution in [0.2, 0.25) is 0 Å². The Morgan fingerprint density at radius 2 is 2.15 bits per heavy atom. The molecular weight excluding hydrogens is 459 g/mol. The lowest BCUT2D eigenvalue weighted by atomic mass is 10.1. The monoisotopic (exact) mass is 479 g/mol. The molecule has 180 valence electrons. The van der Waals surface area contributed by atoms with Crippen molar-refractivity contribution >= 4 is 23.3 Å². The zero-order chi connectivity index (χ0) is 24.3. The van der Waals surface area contributed by atoms with Crippen LogP contribution in [0.1, 0.15) is 27.4 Å². The summed E-state index contributed by atoms with van der Waals surface area (Å²) in [4.78, 5) is 32.3. The topological polar surface area (TPSA) is 150 Å². The molecule has 2 amide bonds. The summed E-state index contributed by atoms with van der Waals surface area (Å²) in [6.07, 6.45) is 0.309. The van der Waals surface area contributed by atoms with Gasteiger partial charge in [-0.2, -0.15) is 18.3 Å². The van der Waals surface area contributed by atoms with E-state index < -0.39 is 24.5 Å². The molecule has 34 heavy (non-hydrogen) atoms. The molecule has 1 unspecified atom stereocenters. The van der Waals surface area contributed by atoms with Gasteiger partial charge >= 0.3 is 6.18 Å². The van der Waals surface area contributed by atoms with Gasteiger partial charge in [-0.05, 0) is 18.6 Å². The highest BCUT2D eigenvalue weighted by Gasteiger charge is 2.27. The van der Waals surface area contributed by atoms with Crippen molar-refractivity contribution in [1.29, 1.82) is 0 Å². The molecule has 3 aromatic rings. The van der Waals surface area contributed by atoms with Gasteiger partial charge in [-0.15, -0.1) is 0 Å². The van der Waals surface area contributed by atoms with Crippen LogP contribution in [-0.4, -0.2) is 57.5 Å². The predicted octanol–water partition coefficient (Wildman–Crippen LogP) is 2.29. The maximum atomic E-state index is 12.7. The van der Waals surface area contributed by atoms with Crippen LogP contribution in [0.25, 0.3) is 11.5 Å². The number of nitrogens with two attached hydrogens (primary N) is 1. The van der Waals surface area contributed by atoms with E-state index in [1.54, 1.807) is 0 Å². The van der Waals surface area contributed by atoms with E-state index in [4.69, 9.17) is 14.9 Å². The van der Waals surface area contributed by atoms with E-state index in [0.29, 0.717) is 25.3 Å². The molecule has 0 aliphatic carbocycles. The molecule has 1 atom stereocenters. The van der Waals surface area contributed by atoms with Crippen molar-refractivity contribution in [2.45, 2.75) is 19.1 Å². The van der Waals surface area contributed by atoms with E-state index >= 15 is 0 Å². The van der Waals surface area contributed by atoms with E-state index in [2.05, 4.69) is 25.7 Å². The summed E-state index contributed by atoms with van der Waals surface area (Å²) in [6, 6.07) is 2.77. The molecule has 4 rings (SSSR count). The summed E-state index contributed by atoms with van der Waals surface area (Å²) in [7, 11) is 0. The van der Waals surface area contributed by atoms with Crippen LogP contribution in [0.3, 0.4) is 0 Å². The number of alkyl halides is 3. The summed E-state index contributed by atoms with van der Waals surface area (Å²) in [5.41, 5.74) is 5.58. The Labute approximate surface area is 190 Å². The summed E-state index contributed by atoms with van der Waals surface area (Å²) in [6.45, 7) is 0.477. The summed E-state index contributed by atoms with van der Waals surface area (Å²) < 4.78 is 49.4. The number of oxazole rings is 1. The molecule has 0 bridgehead atoms. The largest absolute Gasteiger partial charge is 0.444 e. The molecule has 4 N–H and O–H groups in total. The van der Waals surface area contributed by atoms with Gasteiger partial charge in [-0.3, -0.25) is 14.3 Å². The molecule has 1 saturated heterocycles. The first-order valence-corrected chi connectivity index (χ1v) is 10.2. The molecule has 11 nitrogen and oxygen atoms in total. The first kappa shape index (κ1) is 23.2. The minimum atomic E-state index is -4.41. The van der Waals surface area contributed by atoms with Crippen molar-refractivity contribution in [3.63, 3.8) is 0 Å². The van der Waals surface area contributed by atoms with Gasteiger partial charge in [0.05, 0.1) is 12.3 Å². The minimum absolute atomic E-state index is 0.00494. The van der Waals surface area contributed by atoms with Gasteiger partial charge in [0.25, 0.3) is 11.8 Å². The van der Waals surface area contributed by atoms with Gasteiger partial charge in [0, 0.05) is 37.0 Å². The standard InChI is InChI=1S/C20H20F3N7O4/c21-20(22,23)10-26-15-5-12(1-3-25-15)19-28-14(9-34-19)18(32)27-13-7-30(29-16(13)17(24)31)6-11-2-4-33-8-11/h1,3,5,7,9,11H,2,4,6,8,10H2,(H2,24,31)(H,25,26)(H,27,32). The molecule has 3 aromatic heterocycles. The number of hydrogen-bond donors (Lipinski definition) is 3. The number of amides is 2. The van der Waals surface area contributed by atoms with Gasteiger partial charge in [-0.25, -0.2) is 9.97 Å². The third-order valence-electron chi connectivity index (χ3n) is 4.93. The zero-order valence-corrected chi connectivity index (χ0v) is 17.6. The number of halogens is 3. The average Bonchev–Trinajstić information content (AvgIpc) is 3.53. The predicted molar refractivity (Wildman–Crippen MR) is 112 cm³/mol. The van der Waals surface area contributed by atoms with Crippen molar-refractivity contribution in [3.05, 3.63) is 42.2 Å². The Bertz CT molecular complexity index is 1190. The SMILES string of the molecule is NC(=O)c1nn(CC2CCOC2)cc1NC(=O)c1coc(-c2ccnc(NCC(F)(F)F)c2)n1. The molecule has 0 saturated carbocycles. The Balaban J connectivity index is 1.47. The number of ether oxygens (including phenoxy) is 1. The number of anilines is 2. The number of rotatable bonds is 8. The Morgan fingerprint density at radius 1 is 1.32 bits per heavy atom. The van der Waals surface area contributed by atoms with E-state index in [-0.39, 0.29) is 34.7 Å². The zero-order valence-electron chi connectivity index (χ0n) is 17.6. The van der Waals surface area contributed by atoms with Gasteiger partial charge in [-0.1, -0.05) is 0 Å². The Hall–Kier alpha value is -3.94. The molecule has 1 aliphatic heterocycles. The van der Waals surface area contributed by atoms with Crippen molar-refractivity contribution < 1.29 is 31.9 Å².